The van der Waals surface area contributed by atoms with Crippen LogP contribution in [0.15, 0.2) is 42.5 Å². The summed E-state index contributed by atoms with van der Waals surface area (Å²) in [5, 5.41) is 4.10. The van der Waals surface area contributed by atoms with Crippen molar-refractivity contribution < 1.29 is 4.39 Å². The zero-order valence-electron chi connectivity index (χ0n) is 7.37. The maximum atomic E-state index is 13.6. The Morgan fingerprint density at radius 2 is 1.64 bits per heavy atom. The van der Waals surface area contributed by atoms with Crippen molar-refractivity contribution >= 4 is 29.2 Å². The summed E-state index contributed by atoms with van der Waals surface area (Å²) in [6.45, 7) is 0. The average molecular weight is 201 g/mol. The number of halogens is 1. The predicted molar refractivity (Wildman–Crippen MR) is 59.5 cm³/mol. The molecule has 0 aliphatic carbocycles. The van der Waals surface area contributed by atoms with Gasteiger partial charge in [-0.3, -0.25) is 0 Å². The molecule has 2 aromatic carbocycles. The van der Waals surface area contributed by atoms with Crippen molar-refractivity contribution in [1.29, 1.82) is 0 Å². The van der Waals surface area contributed by atoms with Crippen molar-refractivity contribution in [2.75, 3.05) is 0 Å². The fourth-order valence-corrected chi connectivity index (χ4v) is 3.01. The number of benzene rings is 2. The highest BCUT2D eigenvalue weighted by Crippen LogP contribution is 2.38. The summed E-state index contributed by atoms with van der Waals surface area (Å²) in [4.78, 5) is 0. The maximum Gasteiger partial charge on any atom is 0.128 e. The maximum absolute atomic E-state index is 13.6. The highest BCUT2D eigenvalue weighted by molar-refractivity contribution is 7.43. The lowest BCUT2D eigenvalue weighted by atomic mass is 10.1. The van der Waals surface area contributed by atoms with Crippen molar-refractivity contribution in [3.8, 4) is 0 Å². The van der Waals surface area contributed by atoms with Crippen LogP contribution in [-0.4, -0.2) is 0 Å². The van der Waals surface area contributed by atoms with E-state index in [9.17, 15) is 4.39 Å². The number of hydrogen-bond acceptors (Lipinski definition) is 0. The smallest absolute Gasteiger partial charge is 0.128 e. The lowest BCUT2D eigenvalue weighted by Crippen LogP contribution is -1.73. The average Bonchev–Trinajstić information content (AvgIpc) is 2.57. The molecule has 0 N–H and O–H groups in total. The molecular weight excluding hydrogens is 194 g/mol. The standard InChI is InChI=1S/C12H7FP/c13-9-5-3-7-11-12(9)8-4-1-2-6-10(8)14-11/h1-7H/q-1. The van der Waals surface area contributed by atoms with Crippen molar-refractivity contribution in [2.24, 2.45) is 0 Å². The lowest BCUT2D eigenvalue weighted by Gasteiger charge is -1.97. The van der Waals surface area contributed by atoms with Crippen molar-refractivity contribution in [1.82, 2.24) is 0 Å². The molecule has 0 spiro atoms. The monoisotopic (exact) mass is 201 g/mol. The van der Waals surface area contributed by atoms with Crippen LogP contribution < -0.4 is 0 Å². The van der Waals surface area contributed by atoms with Gasteiger partial charge >= 0.3 is 0 Å². The Bertz CT molecular complexity index is 610. The molecule has 2 heteroatoms. The van der Waals surface area contributed by atoms with Crippen molar-refractivity contribution in [2.45, 2.75) is 0 Å². The van der Waals surface area contributed by atoms with Gasteiger partial charge in [-0.05, 0) is 16.8 Å². The molecule has 14 heavy (non-hydrogen) atoms. The van der Waals surface area contributed by atoms with E-state index < -0.39 is 0 Å². The van der Waals surface area contributed by atoms with Gasteiger partial charge in [0.1, 0.15) is 5.82 Å². The quantitative estimate of drug-likeness (QED) is 0.504. The highest BCUT2D eigenvalue weighted by Gasteiger charge is 1.98. The third-order valence-corrected chi connectivity index (χ3v) is 3.65. The highest BCUT2D eigenvalue weighted by atomic mass is 31.0. The van der Waals surface area contributed by atoms with Gasteiger partial charge in [0.2, 0.25) is 0 Å². The van der Waals surface area contributed by atoms with Gasteiger partial charge < -0.3 is 8.19 Å². The van der Waals surface area contributed by atoms with Crippen LogP contribution in [0.2, 0.25) is 0 Å². The number of hydrogen-bond donors (Lipinski definition) is 0. The molecule has 0 bridgehead atoms. The second-order valence-corrected chi connectivity index (χ2v) is 4.45. The largest absolute Gasteiger partial charge is 0.514 e. The zero-order valence-corrected chi connectivity index (χ0v) is 8.26. The molecule has 1 heterocycles. The van der Waals surface area contributed by atoms with E-state index in [2.05, 4.69) is 6.07 Å². The third kappa shape index (κ3) is 0.995. The first-order valence-electron chi connectivity index (χ1n) is 4.46. The minimum Gasteiger partial charge on any atom is -0.514 e. The summed E-state index contributed by atoms with van der Waals surface area (Å²) in [7, 11) is 1.12. The van der Waals surface area contributed by atoms with E-state index in [4.69, 9.17) is 0 Å². The van der Waals surface area contributed by atoms with Gasteiger partial charge in [-0.2, -0.15) is 10.2 Å². The molecule has 0 atom stereocenters. The van der Waals surface area contributed by atoms with Crippen LogP contribution >= 0.6 is 8.19 Å². The lowest BCUT2D eigenvalue weighted by molar-refractivity contribution is 0.641. The normalized spacial score (nSPS) is 11.8. The van der Waals surface area contributed by atoms with Crippen LogP contribution in [0.3, 0.4) is 0 Å². The van der Waals surface area contributed by atoms with Gasteiger partial charge in [-0.25, -0.2) is 4.39 Å². The van der Waals surface area contributed by atoms with Gasteiger partial charge in [0.05, 0.1) is 0 Å². The Labute approximate surface area is 82.4 Å². The van der Waals surface area contributed by atoms with Gasteiger partial charge in [0.15, 0.2) is 0 Å². The number of rotatable bonds is 0. The van der Waals surface area contributed by atoms with Crippen molar-refractivity contribution in [3.05, 3.63) is 48.3 Å². The van der Waals surface area contributed by atoms with E-state index >= 15 is 0 Å². The Kier molecular flexibility index (Phi) is 1.62. The fourth-order valence-electron chi connectivity index (χ4n) is 1.78. The summed E-state index contributed by atoms with van der Waals surface area (Å²) in [5.74, 6) is -0.111. The Morgan fingerprint density at radius 3 is 2.57 bits per heavy atom. The molecule has 3 aromatic rings. The van der Waals surface area contributed by atoms with Gasteiger partial charge in [-0.15, -0.1) is 0 Å². The molecule has 3 rings (SSSR count). The second-order valence-electron chi connectivity index (χ2n) is 3.26. The van der Waals surface area contributed by atoms with Crippen LogP contribution in [0.5, 0.6) is 0 Å². The molecule has 0 unspecified atom stereocenters. The third-order valence-electron chi connectivity index (χ3n) is 2.41. The number of fused-ring (bicyclic) bond motifs is 3. The fraction of sp³-hybridized carbons (Fsp3) is 0. The van der Waals surface area contributed by atoms with Gasteiger partial charge in [-0.1, -0.05) is 36.4 Å². The van der Waals surface area contributed by atoms with E-state index in [-0.39, 0.29) is 5.82 Å². The van der Waals surface area contributed by atoms with E-state index in [0.717, 1.165) is 24.1 Å². The molecule has 0 saturated carbocycles. The van der Waals surface area contributed by atoms with E-state index in [0.29, 0.717) is 0 Å². The Hall–Kier alpha value is -1.33. The summed E-state index contributed by atoms with van der Waals surface area (Å²) in [6.07, 6.45) is 0. The molecule has 68 valence electrons. The SMILES string of the molecule is Fc1cccc2[p-]c3ccccc3c12. The Balaban J connectivity index is 2.65. The summed E-state index contributed by atoms with van der Waals surface area (Å²) in [6, 6.07) is 13.3. The topological polar surface area (TPSA) is 0 Å². The summed E-state index contributed by atoms with van der Waals surface area (Å²) >= 11 is 0. The van der Waals surface area contributed by atoms with Crippen LogP contribution in [0.25, 0.3) is 21.0 Å². The summed E-state index contributed by atoms with van der Waals surface area (Å²) < 4.78 is 13.6. The van der Waals surface area contributed by atoms with E-state index in [1.807, 2.05) is 24.3 Å². The predicted octanol–water partition coefficient (Wildman–Crippen LogP) is 4.43. The Morgan fingerprint density at radius 1 is 0.857 bits per heavy atom. The summed E-state index contributed by atoms with van der Waals surface area (Å²) in [5.41, 5.74) is 0. The minimum atomic E-state index is -0.111. The molecule has 0 nitrogen and oxygen atoms in total. The molecular formula is C12H7FP-. The molecule has 0 saturated heterocycles. The van der Waals surface area contributed by atoms with Gasteiger partial charge in [0, 0.05) is 0 Å². The van der Waals surface area contributed by atoms with Crippen molar-refractivity contribution in [3.63, 3.8) is 0 Å². The van der Waals surface area contributed by atoms with Crippen LogP contribution in [0.4, 0.5) is 4.39 Å². The van der Waals surface area contributed by atoms with E-state index in [1.54, 1.807) is 6.07 Å². The molecule has 0 aliphatic rings. The molecule has 0 amide bonds. The van der Waals surface area contributed by atoms with Gasteiger partial charge in [0.25, 0.3) is 0 Å². The van der Waals surface area contributed by atoms with Crippen LogP contribution in [0.1, 0.15) is 0 Å². The minimum absolute atomic E-state index is 0.111. The first-order chi connectivity index (χ1) is 6.86. The molecule has 0 aliphatic heterocycles. The molecule has 0 fully saturated rings. The molecule has 0 radical (unpaired) electrons. The first-order valence-corrected chi connectivity index (χ1v) is 5.35. The molecule has 1 aromatic heterocycles. The van der Waals surface area contributed by atoms with Crippen LogP contribution in [0, 0.1) is 5.82 Å². The zero-order chi connectivity index (χ0) is 9.54. The van der Waals surface area contributed by atoms with Crippen LogP contribution in [-0.2, 0) is 0 Å². The first kappa shape index (κ1) is 8.02. The second kappa shape index (κ2) is 2.83. The van der Waals surface area contributed by atoms with E-state index in [1.165, 1.54) is 11.2 Å².